The van der Waals surface area contributed by atoms with Gasteiger partial charge in [-0.05, 0) is 24.1 Å². The summed E-state index contributed by atoms with van der Waals surface area (Å²) in [6.07, 6.45) is 0.714. The number of urea groups is 1. The Hall–Kier alpha value is -2.70. The first kappa shape index (κ1) is 17.7. The summed E-state index contributed by atoms with van der Waals surface area (Å²) in [5, 5.41) is 5.29. The monoisotopic (exact) mass is 334 g/mol. The van der Waals surface area contributed by atoms with Crippen LogP contribution in [0.15, 0.2) is 30.5 Å². The highest BCUT2D eigenvalue weighted by atomic mass is 16.5. The highest BCUT2D eigenvalue weighted by molar-refractivity contribution is 5.85. The molecule has 2 atom stereocenters. The van der Waals surface area contributed by atoms with Crippen LogP contribution in [0.5, 0.6) is 11.5 Å². The molecule has 1 aliphatic heterocycles. The predicted molar refractivity (Wildman–Crippen MR) is 87.8 cm³/mol. The maximum atomic E-state index is 12.4. The molecule has 2 rings (SSSR count). The third-order valence-corrected chi connectivity index (χ3v) is 3.74. The van der Waals surface area contributed by atoms with Gasteiger partial charge in [0.2, 0.25) is 0 Å². The Kier molecular flexibility index (Phi) is 5.68. The van der Waals surface area contributed by atoms with Crippen LogP contribution in [0.2, 0.25) is 0 Å². The first-order valence-corrected chi connectivity index (χ1v) is 7.66. The van der Waals surface area contributed by atoms with E-state index in [-0.39, 0.29) is 0 Å². The summed E-state index contributed by atoms with van der Waals surface area (Å²) in [7, 11) is 3.06. The second-order valence-corrected chi connectivity index (χ2v) is 5.36. The molecule has 0 aliphatic carbocycles. The van der Waals surface area contributed by atoms with E-state index in [9.17, 15) is 9.59 Å². The van der Waals surface area contributed by atoms with Crippen LogP contribution in [0.1, 0.15) is 24.9 Å². The van der Waals surface area contributed by atoms with Gasteiger partial charge in [0.15, 0.2) is 11.5 Å². The summed E-state index contributed by atoms with van der Waals surface area (Å²) in [6.45, 7) is 6.02. The molecule has 1 fully saturated rings. The number of amides is 2. The molecule has 24 heavy (non-hydrogen) atoms. The molecule has 7 nitrogen and oxygen atoms in total. The van der Waals surface area contributed by atoms with Gasteiger partial charge in [0, 0.05) is 5.70 Å². The number of ether oxygens (including phenoxy) is 3. The molecule has 130 valence electrons. The lowest BCUT2D eigenvalue weighted by molar-refractivity contribution is -0.148. The minimum Gasteiger partial charge on any atom is -0.493 e. The molecule has 7 heteroatoms. The van der Waals surface area contributed by atoms with E-state index in [1.807, 2.05) is 6.92 Å². The van der Waals surface area contributed by atoms with Gasteiger partial charge < -0.3 is 24.8 Å². The third kappa shape index (κ3) is 3.61. The molecule has 0 spiro atoms. The van der Waals surface area contributed by atoms with Gasteiger partial charge in [0.05, 0.1) is 26.9 Å². The van der Waals surface area contributed by atoms with Crippen LogP contribution in [0.25, 0.3) is 0 Å². The molecule has 1 aromatic rings. The standard InChI is InChI=1S/C17H22N2O5/c1-5-8-24-16(20)14-10(2)18-17(21)19-15(14)11-6-7-12(22-3)13(9-11)23-4/h6-7,9,14-15H,2,5,8H2,1,3-4H3,(H2,18,19,21). The lowest BCUT2D eigenvalue weighted by Gasteiger charge is -2.33. The Labute approximate surface area is 141 Å². The summed E-state index contributed by atoms with van der Waals surface area (Å²) >= 11 is 0. The zero-order valence-electron chi connectivity index (χ0n) is 14.0. The van der Waals surface area contributed by atoms with Crippen molar-refractivity contribution in [2.24, 2.45) is 5.92 Å². The van der Waals surface area contributed by atoms with Gasteiger partial charge in [-0.25, -0.2) is 4.79 Å². The first-order valence-electron chi connectivity index (χ1n) is 7.66. The van der Waals surface area contributed by atoms with Gasteiger partial charge in [0.1, 0.15) is 5.92 Å². The fourth-order valence-electron chi connectivity index (χ4n) is 2.58. The van der Waals surface area contributed by atoms with Crippen molar-refractivity contribution in [3.63, 3.8) is 0 Å². The molecular formula is C17H22N2O5. The van der Waals surface area contributed by atoms with Crippen molar-refractivity contribution in [1.29, 1.82) is 0 Å². The van der Waals surface area contributed by atoms with Crippen LogP contribution in [-0.4, -0.2) is 32.8 Å². The zero-order chi connectivity index (χ0) is 17.7. The average Bonchev–Trinajstić information content (AvgIpc) is 2.58. The molecule has 1 aliphatic rings. The van der Waals surface area contributed by atoms with Crippen LogP contribution in [0.3, 0.4) is 0 Å². The van der Waals surface area contributed by atoms with E-state index in [2.05, 4.69) is 17.2 Å². The zero-order valence-corrected chi connectivity index (χ0v) is 14.0. The Morgan fingerprint density at radius 2 is 1.96 bits per heavy atom. The van der Waals surface area contributed by atoms with Gasteiger partial charge in [-0.15, -0.1) is 0 Å². The van der Waals surface area contributed by atoms with E-state index in [4.69, 9.17) is 14.2 Å². The predicted octanol–water partition coefficient (Wildman–Crippen LogP) is 2.14. The van der Waals surface area contributed by atoms with Gasteiger partial charge in [0.25, 0.3) is 0 Å². The molecule has 1 aromatic carbocycles. The van der Waals surface area contributed by atoms with Crippen LogP contribution in [0, 0.1) is 5.92 Å². The molecule has 0 aromatic heterocycles. The fourth-order valence-corrected chi connectivity index (χ4v) is 2.58. The molecule has 2 N–H and O–H groups in total. The van der Waals surface area contributed by atoms with Crippen LogP contribution in [0.4, 0.5) is 4.79 Å². The number of hydrogen-bond donors (Lipinski definition) is 2. The summed E-state index contributed by atoms with van der Waals surface area (Å²) in [5.41, 5.74) is 1.00. The number of hydrogen-bond acceptors (Lipinski definition) is 5. The quantitative estimate of drug-likeness (QED) is 0.779. The number of nitrogens with one attached hydrogen (secondary N) is 2. The minimum atomic E-state index is -0.729. The molecule has 1 heterocycles. The van der Waals surface area contributed by atoms with Crippen molar-refractivity contribution in [3.05, 3.63) is 36.0 Å². The number of benzene rings is 1. The third-order valence-electron chi connectivity index (χ3n) is 3.74. The number of methoxy groups -OCH3 is 2. The maximum absolute atomic E-state index is 12.4. The topological polar surface area (TPSA) is 85.9 Å². The highest BCUT2D eigenvalue weighted by Crippen LogP contribution is 2.35. The lowest BCUT2D eigenvalue weighted by atomic mass is 9.89. The van der Waals surface area contributed by atoms with Crippen molar-refractivity contribution in [3.8, 4) is 11.5 Å². The highest BCUT2D eigenvalue weighted by Gasteiger charge is 2.39. The minimum absolute atomic E-state index is 0.305. The fraction of sp³-hybridized carbons (Fsp3) is 0.412. The Balaban J connectivity index is 2.37. The van der Waals surface area contributed by atoms with Crippen molar-refractivity contribution >= 4 is 12.0 Å². The van der Waals surface area contributed by atoms with Gasteiger partial charge in [-0.1, -0.05) is 19.6 Å². The maximum Gasteiger partial charge on any atom is 0.319 e. The second kappa shape index (κ2) is 7.72. The Morgan fingerprint density at radius 3 is 2.58 bits per heavy atom. The van der Waals surface area contributed by atoms with E-state index in [0.717, 1.165) is 0 Å². The van der Waals surface area contributed by atoms with Gasteiger partial charge >= 0.3 is 12.0 Å². The van der Waals surface area contributed by atoms with Crippen molar-refractivity contribution in [1.82, 2.24) is 10.6 Å². The Morgan fingerprint density at radius 1 is 1.25 bits per heavy atom. The number of carbonyl (C=O) groups is 2. The molecule has 0 saturated carbocycles. The largest absolute Gasteiger partial charge is 0.493 e. The Bertz CT molecular complexity index is 644. The molecule has 0 bridgehead atoms. The summed E-state index contributed by atoms with van der Waals surface area (Å²) in [4.78, 5) is 24.2. The van der Waals surface area contributed by atoms with Crippen LogP contribution in [-0.2, 0) is 9.53 Å². The normalized spacial score (nSPS) is 20.0. The van der Waals surface area contributed by atoms with Gasteiger partial charge in [-0.2, -0.15) is 0 Å². The molecule has 0 radical (unpaired) electrons. The van der Waals surface area contributed by atoms with Crippen LogP contribution < -0.4 is 20.1 Å². The van der Waals surface area contributed by atoms with Crippen molar-refractivity contribution in [2.45, 2.75) is 19.4 Å². The SMILES string of the molecule is C=C1NC(=O)NC(c2ccc(OC)c(OC)c2)C1C(=O)OCCC. The molecule has 2 unspecified atom stereocenters. The average molecular weight is 334 g/mol. The molecule has 1 saturated heterocycles. The van der Waals surface area contributed by atoms with Gasteiger partial charge in [-0.3, -0.25) is 4.79 Å². The molecular weight excluding hydrogens is 312 g/mol. The number of carbonyl (C=O) groups excluding carboxylic acids is 2. The van der Waals surface area contributed by atoms with Crippen LogP contribution >= 0.6 is 0 Å². The summed E-state index contributed by atoms with van der Waals surface area (Å²) in [5.74, 6) is -0.0963. The second-order valence-electron chi connectivity index (χ2n) is 5.36. The number of esters is 1. The van der Waals surface area contributed by atoms with Crippen molar-refractivity contribution in [2.75, 3.05) is 20.8 Å². The van der Waals surface area contributed by atoms with E-state index < -0.39 is 24.0 Å². The first-order chi connectivity index (χ1) is 11.5. The van der Waals surface area contributed by atoms with E-state index in [0.29, 0.717) is 35.8 Å². The number of rotatable bonds is 6. The van der Waals surface area contributed by atoms with E-state index in [1.165, 1.54) is 14.2 Å². The van der Waals surface area contributed by atoms with E-state index in [1.54, 1.807) is 18.2 Å². The van der Waals surface area contributed by atoms with E-state index >= 15 is 0 Å². The summed E-state index contributed by atoms with van der Waals surface area (Å²) in [6, 6.07) is 4.20. The lowest BCUT2D eigenvalue weighted by Crippen LogP contribution is -2.51. The summed E-state index contributed by atoms with van der Waals surface area (Å²) < 4.78 is 15.7. The molecule has 2 amide bonds. The smallest absolute Gasteiger partial charge is 0.319 e. The van der Waals surface area contributed by atoms with Crippen molar-refractivity contribution < 1.29 is 23.8 Å².